The summed E-state index contributed by atoms with van der Waals surface area (Å²) in [5, 5.41) is 0. The van der Waals surface area contributed by atoms with E-state index in [-0.39, 0.29) is 30.3 Å². The molecule has 2 atom stereocenters. The summed E-state index contributed by atoms with van der Waals surface area (Å²) in [5.74, 6) is -0.112. The third-order valence-electron chi connectivity index (χ3n) is 4.96. The molecule has 3 fully saturated rings. The van der Waals surface area contributed by atoms with Crippen LogP contribution < -0.4 is 5.69 Å². The number of aromatic nitrogens is 2. The summed E-state index contributed by atoms with van der Waals surface area (Å²) < 4.78 is 1.40. The molecule has 3 saturated heterocycles. The van der Waals surface area contributed by atoms with Gasteiger partial charge in [0.2, 0.25) is 11.8 Å². The van der Waals surface area contributed by atoms with Gasteiger partial charge in [0.05, 0.1) is 5.92 Å². The van der Waals surface area contributed by atoms with Crippen LogP contribution in [0.5, 0.6) is 0 Å². The van der Waals surface area contributed by atoms with Gasteiger partial charge in [-0.1, -0.05) is 0 Å². The second-order valence-electron chi connectivity index (χ2n) is 6.58. The smallest absolute Gasteiger partial charge is 0.341 e. The minimum atomic E-state index is -0.401. The Hall–Kier alpha value is -2.18. The number of hydrogen-bond donors (Lipinski definition) is 0. The van der Waals surface area contributed by atoms with Gasteiger partial charge in [-0.25, -0.2) is 4.79 Å². The van der Waals surface area contributed by atoms with Crippen molar-refractivity contribution < 1.29 is 9.59 Å². The van der Waals surface area contributed by atoms with Crippen LogP contribution in [0.1, 0.15) is 24.2 Å². The van der Waals surface area contributed by atoms with E-state index in [1.165, 1.54) is 4.57 Å². The molecule has 4 heterocycles. The van der Waals surface area contributed by atoms with Crippen LogP contribution in [0.3, 0.4) is 0 Å². The summed E-state index contributed by atoms with van der Waals surface area (Å²) in [6.45, 7) is 4.53. The van der Waals surface area contributed by atoms with Crippen molar-refractivity contribution in [1.29, 1.82) is 0 Å². The molecule has 0 aromatic carbocycles. The SMILES string of the molecule is Cc1cc(C)n(CC(=O)N2C[C@H]3CC[C@@H](C2)N(C)C3=O)c(=O)n1. The molecule has 2 bridgehead atoms. The molecule has 4 rings (SSSR count). The molecule has 7 nitrogen and oxygen atoms in total. The third-order valence-corrected chi connectivity index (χ3v) is 4.96. The quantitative estimate of drug-likeness (QED) is 0.765. The first-order valence-electron chi connectivity index (χ1n) is 7.96. The highest BCUT2D eigenvalue weighted by molar-refractivity contribution is 5.83. The monoisotopic (exact) mass is 318 g/mol. The zero-order valence-electron chi connectivity index (χ0n) is 13.8. The number of nitrogens with zero attached hydrogens (tertiary/aromatic N) is 4. The zero-order chi connectivity index (χ0) is 16.7. The highest BCUT2D eigenvalue weighted by Crippen LogP contribution is 2.28. The van der Waals surface area contributed by atoms with Crippen molar-refractivity contribution in [2.75, 3.05) is 20.1 Å². The Balaban J connectivity index is 1.80. The second kappa shape index (κ2) is 5.79. The summed E-state index contributed by atoms with van der Waals surface area (Å²) in [5.41, 5.74) is 0.972. The molecule has 23 heavy (non-hydrogen) atoms. The van der Waals surface area contributed by atoms with Crippen LogP contribution in [-0.2, 0) is 16.1 Å². The van der Waals surface area contributed by atoms with Crippen LogP contribution in [0.4, 0.5) is 0 Å². The molecule has 0 radical (unpaired) electrons. The summed E-state index contributed by atoms with van der Waals surface area (Å²) in [7, 11) is 1.81. The lowest BCUT2D eigenvalue weighted by Crippen LogP contribution is -2.45. The fourth-order valence-electron chi connectivity index (χ4n) is 3.56. The number of aryl methyl sites for hydroxylation is 2. The first-order chi connectivity index (χ1) is 10.9. The highest BCUT2D eigenvalue weighted by Gasteiger charge is 2.40. The average molecular weight is 318 g/mol. The van der Waals surface area contributed by atoms with Crippen LogP contribution in [-0.4, -0.2) is 57.3 Å². The lowest BCUT2D eigenvalue weighted by atomic mass is 9.95. The largest absolute Gasteiger partial charge is 0.348 e. The average Bonchev–Trinajstić information content (AvgIpc) is 2.77. The number of carbonyl (C=O) groups excluding carboxylic acids is 2. The first kappa shape index (κ1) is 15.7. The summed E-state index contributed by atoms with van der Waals surface area (Å²) in [4.78, 5) is 44.3. The predicted octanol–water partition coefficient (Wildman–Crippen LogP) is -0.0607. The van der Waals surface area contributed by atoms with Crippen molar-refractivity contribution in [2.24, 2.45) is 5.92 Å². The van der Waals surface area contributed by atoms with Crippen LogP contribution in [0.25, 0.3) is 0 Å². The molecule has 0 aliphatic carbocycles. The lowest BCUT2D eigenvalue weighted by Gasteiger charge is -2.32. The van der Waals surface area contributed by atoms with E-state index in [9.17, 15) is 14.4 Å². The number of fused-ring (bicyclic) bond motifs is 4. The van der Waals surface area contributed by atoms with Crippen molar-refractivity contribution >= 4 is 11.8 Å². The van der Waals surface area contributed by atoms with Crippen LogP contribution in [0.2, 0.25) is 0 Å². The van der Waals surface area contributed by atoms with Gasteiger partial charge in [-0.2, -0.15) is 4.98 Å². The topological polar surface area (TPSA) is 75.5 Å². The zero-order valence-corrected chi connectivity index (χ0v) is 13.8. The number of piperidine rings is 1. The number of amides is 2. The van der Waals surface area contributed by atoms with Gasteiger partial charge in [-0.15, -0.1) is 0 Å². The minimum Gasteiger partial charge on any atom is -0.341 e. The van der Waals surface area contributed by atoms with Gasteiger partial charge >= 0.3 is 5.69 Å². The Labute approximate surface area is 134 Å². The highest BCUT2D eigenvalue weighted by atomic mass is 16.2. The van der Waals surface area contributed by atoms with Crippen molar-refractivity contribution in [2.45, 2.75) is 39.3 Å². The summed E-state index contributed by atoms with van der Waals surface area (Å²) in [6, 6.07) is 1.87. The van der Waals surface area contributed by atoms with Crippen LogP contribution in [0, 0.1) is 19.8 Å². The van der Waals surface area contributed by atoms with E-state index in [4.69, 9.17) is 0 Å². The fourth-order valence-corrected chi connectivity index (χ4v) is 3.56. The normalized spacial score (nSPS) is 24.0. The summed E-state index contributed by atoms with van der Waals surface area (Å²) in [6.07, 6.45) is 1.77. The van der Waals surface area contributed by atoms with Gasteiger partial charge in [0.1, 0.15) is 6.54 Å². The molecule has 3 aliphatic rings. The van der Waals surface area contributed by atoms with E-state index in [0.29, 0.717) is 18.8 Å². The maximum Gasteiger partial charge on any atom is 0.348 e. The van der Waals surface area contributed by atoms with E-state index in [0.717, 1.165) is 18.5 Å². The van der Waals surface area contributed by atoms with Crippen molar-refractivity contribution in [3.05, 3.63) is 27.9 Å². The minimum absolute atomic E-state index is 0.0186. The predicted molar refractivity (Wildman–Crippen MR) is 83.8 cm³/mol. The van der Waals surface area contributed by atoms with Gasteiger partial charge in [-0.05, 0) is 32.8 Å². The van der Waals surface area contributed by atoms with E-state index < -0.39 is 5.69 Å². The maximum absolute atomic E-state index is 12.7. The molecule has 0 N–H and O–H groups in total. The molecule has 3 aliphatic heterocycles. The van der Waals surface area contributed by atoms with Gasteiger partial charge in [-0.3, -0.25) is 14.2 Å². The molecule has 124 valence electrons. The molecule has 2 amide bonds. The van der Waals surface area contributed by atoms with Crippen molar-refractivity contribution in [3.8, 4) is 0 Å². The molecule has 1 aromatic rings. The molecule has 7 heteroatoms. The van der Waals surface area contributed by atoms with Crippen molar-refractivity contribution in [3.63, 3.8) is 0 Å². The molecule has 1 aromatic heterocycles. The molecular weight excluding hydrogens is 296 g/mol. The molecule has 0 saturated carbocycles. The molecular formula is C16H22N4O3. The molecule has 0 unspecified atom stereocenters. The molecule has 0 spiro atoms. The number of rotatable bonds is 2. The second-order valence-corrected chi connectivity index (χ2v) is 6.58. The lowest BCUT2D eigenvalue weighted by molar-refractivity contribution is -0.138. The van der Waals surface area contributed by atoms with E-state index in [2.05, 4.69) is 4.98 Å². The number of hydrogen-bond acceptors (Lipinski definition) is 4. The van der Waals surface area contributed by atoms with Crippen molar-refractivity contribution in [1.82, 2.24) is 19.4 Å². The fraction of sp³-hybridized carbons (Fsp3) is 0.625. The Kier molecular flexibility index (Phi) is 3.95. The van der Waals surface area contributed by atoms with E-state index >= 15 is 0 Å². The Morgan fingerprint density at radius 2 is 2.00 bits per heavy atom. The maximum atomic E-state index is 12.7. The van der Waals surface area contributed by atoms with Gasteiger partial charge in [0, 0.05) is 37.6 Å². The standard InChI is InChI=1S/C16H22N4O3/c1-10-6-11(2)20(16(23)17-10)9-14(21)19-7-12-4-5-13(8-19)18(3)15(12)22/h6,12-13H,4-5,7-9H2,1-3H3/t12-,13+/m1/s1. The Bertz CT molecular complexity index is 712. The van der Waals surface area contributed by atoms with Crippen LogP contribution in [0.15, 0.2) is 10.9 Å². The third kappa shape index (κ3) is 2.87. The van der Waals surface area contributed by atoms with Gasteiger partial charge in [0.25, 0.3) is 0 Å². The number of likely N-dealkylation sites (N-methyl/N-ethyl adjacent to an activating group) is 1. The Morgan fingerprint density at radius 3 is 2.70 bits per heavy atom. The Morgan fingerprint density at radius 1 is 1.26 bits per heavy atom. The summed E-state index contributed by atoms with van der Waals surface area (Å²) >= 11 is 0. The first-order valence-corrected chi connectivity index (χ1v) is 7.96. The van der Waals surface area contributed by atoms with E-state index in [1.54, 1.807) is 29.7 Å². The van der Waals surface area contributed by atoms with Crippen LogP contribution >= 0.6 is 0 Å². The van der Waals surface area contributed by atoms with E-state index in [1.807, 2.05) is 7.05 Å². The number of carbonyl (C=O) groups is 2. The van der Waals surface area contributed by atoms with Gasteiger partial charge < -0.3 is 9.80 Å². The van der Waals surface area contributed by atoms with Gasteiger partial charge in [0.15, 0.2) is 0 Å².